The van der Waals surface area contributed by atoms with E-state index in [0.717, 1.165) is 0 Å². The minimum Gasteiger partial charge on any atom is -0.366 e. The lowest BCUT2D eigenvalue weighted by Gasteiger charge is -2.33. The van der Waals surface area contributed by atoms with Gasteiger partial charge < -0.3 is 9.26 Å². The number of benzene rings is 1. The van der Waals surface area contributed by atoms with Crippen LogP contribution in [0, 0.1) is 6.92 Å². The Balaban J connectivity index is 1.88. The summed E-state index contributed by atoms with van der Waals surface area (Å²) in [6.07, 6.45) is -6.19. The Morgan fingerprint density at radius 3 is 2.60 bits per heavy atom. The van der Waals surface area contributed by atoms with Crippen molar-refractivity contribution in [3.8, 4) is 11.3 Å². The Hall–Kier alpha value is -1.28. The molecule has 2 aromatic rings. The summed E-state index contributed by atoms with van der Waals surface area (Å²) in [6, 6.07) is 5.05. The molecule has 136 valence electrons. The van der Waals surface area contributed by atoms with Crippen LogP contribution in [-0.2, 0) is 11.3 Å². The van der Waals surface area contributed by atoms with E-state index >= 15 is 0 Å². The number of rotatable bonds is 3. The third kappa shape index (κ3) is 3.95. The molecule has 25 heavy (non-hydrogen) atoms. The van der Waals surface area contributed by atoms with Gasteiger partial charge in [-0.1, -0.05) is 34.4 Å². The number of hydrogen-bond donors (Lipinski definition) is 0. The van der Waals surface area contributed by atoms with Crippen molar-refractivity contribution in [1.82, 2.24) is 10.1 Å². The zero-order valence-electron chi connectivity index (χ0n) is 13.2. The zero-order chi connectivity index (χ0) is 18.2. The molecule has 1 aromatic carbocycles. The molecule has 1 atom stereocenters. The maximum Gasteiger partial charge on any atom is 0.415 e. The Morgan fingerprint density at radius 1 is 1.28 bits per heavy atom. The van der Waals surface area contributed by atoms with E-state index in [4.69, 9.17) is 32.5 Å². The van der Waals surface area contributed by atoms with Gasteiger partial charge in [-0.2, -0.15) is 13.2 Å². The smallest absolute Gasteiger partial charge is 0.366 e. The first-order valence-corrected chi connectivity index (χ1v) is 8.33. The maximum atomic E-state index is 12.9. The van der Waals surface area contributed by atoms with Gasteiger partial charge >= 0.3 is 6.18 Å². The van der Waals surface area contributed by atoms with Crippen molar-refractivity contribution < 1.29 is 22.4 Å². The predicted molar refractivity (Wildman–Crippen MR) is 87.8 cm³/mol. The van der Waals surface area contributed by atoms with Crippen molar-refractivity contribution >= 4 is 23.2 Å². The predicted octanol–water partition coefficient (Wildman–Crippen LogP) is 4.72. The van der Waals surface area contributed by atoms with Crippen LogP contribution in [0.3, 0.4) is 0 Å². The van der Waals surface area contributed by atoms with Crippen LogP contribution in [-0.4, -0.2) is 42.0 Å². The van der Waals surface area contributed by atoms with Gasteiger partial charge in [0.1, 0.15) is 11.5 Å². The van der Waals surface area contributed by atoms with E-state index in [1.807, 2.05) is 0 Å². The van der Waals surface area contributed by atoms with Gasteiger partial charge in [-0.3, -0.25) is 4.90 Å². The molecule has 0 saturated carbocycles. The lowest BCUT2D eigenvalue weighted by Crippen LogP contribution is -2.48. The zero-order valence-corrected chi connectivity index (χ0v) is 14.8. The standard InChI is InChI=1S/C16H15Cl2F3N2O2/c1-9-10(7-23-5-6-24-13(8-23)16(19,20)21)15(22-25-9)14-11(17)3-2-4-12(14)18/h2-4,13H,5-8H2,1H3/t13-/m1/s1. The molecule has 1 aliphatic heterocycles. The normalized spacial score (nSPS) is 19.4. The Kier molecular flexibility index (Phi) is 5.29. The Morgan fingerprint density at radius 2 is 1.96 bits per heavy atom. The van der Waals surface area contributed by atoms with Crippen molar-refractivity contribution in [2.75, 3.05) is 19.7 Å². The first kappa shape index (κ1) is 18.5. The summed E-state index contributed by atoms with van der Waals surface area (Å²) >= 11 is 12.4. The summed E-state index contributed by atoms with van der Waals surface area (Å²) in [4.78, 5) is 1.66. The molecular weight excluding hydrogens is 380 g/mol. The molecular formula is C16H15Cl2F3N2O2. The largest absolute Gasteiger partial charge is 0.415 e. The van der Waals surface area contributed by atoms with Crippen LogP contribution in [0.2, 0.25) is 10.0 Å². The molecule has 0 bridgehead atoms. The van der Waals surface area contributed by atoms with Crippen LogP contribution in [0.5, 0.6) is 0 Å². The highest BCUT2D eigenvalue weighted by Gasteiger charge is 2.43. The number of nitrogens with zero attached hydrogens (tertiary/aromatic N) is 2. The topological polar surface area (TPSA) is 38.5 Å². The molecule has 0 radical (unpaired) electrons. The molecule has 0 aliphatic carbocycles. The van der Waals surface area contributed by atoms with E-state index in [0.29, 0.717) is 39.2 Å². The van der Waals surface area contributed by atoms with Crippen LogP contribution in [0.25, 0.3) is 11.3 Å². The molecule has 0 N–H and O–H groups in total. The highest BCUT2D eigenvalue weighted by molar-refractivity contribution is 6.39. The molecule has 3 rings (SSSR count). The summed E-state index contributed by atoms with van der Waals surface area (Å²) < 4.78 is 48.8. The molecule has 1 aromatic heterocycles. The van der Waals surface area contributed by atoms with Crippen LogP contribution >= 0.6 is 23.2 Å². The number of morpholine rings is 1. The first-order chi connectivity index (χ1) is 11.8. The van der Waals surface area contributed by atoms with Crippen molar-refractivity contribution in [3.05, 3.63) is 39.6 Å². The highest BCUT2D eigenvalue weighted by Crippen LogP contribution is 2.37. The van der Waals surface area contributed by atoms with Gasteiger partial charge in [-0.25, -0.2) is 0 Å². The average Bonchev–Trinajstić information content (AvgIpc) is 2.88. The number of alkyl halides is 3. The minimum atomic E-state index is -4.39. The monoisotopic (exact) mass is 394 g/mol. The van der Waals surface area contributed by atoms with Crippen LogP contribution in [0.15, 0.2) is 22.7 Å². The number of aromatic nitrogens is 1. The van der Waals surface area contributed by atoms with E-state index in [2.05, 4.69) is 5.16 Å². The molecule has 4 nitrogen and oxygen atoms in total. The maximum absolute atomic E-state index is 12.9. The molecule has 0 amide bonds. The first-order valence-electron chi connectivity index (χ1n) is 7.57. The lowest BCUT2D eigenvalue weighted by molar-refractivity contribution is -0.237. The van der Waals surface area contributed by atoms with Gasteiger partial charge in [-0.05, 0) is 19.1 Å². The second kappa shape index (κ2) is 7.15. The van der Waals surface area contributed by atoms with Crippen molar-refractivity contribution in [2.24, 2.45) is 0 Å². The molecule has 2 heterocycles. The van der Waals surface area contributed by atoms with Gasteiger partial charge in [-0.15, -0.1) is 0 Å². The number of aryl methyl sites for hydroxylation is 1. The Bertz CT molecular complexity index is 744. The van der Waals surface area contributed by atoms with Crippen molar-refractivity contribution in [3.63, 3.8) is 0 Å². The summed E-state index contributed by atoms with van der Waals surface area (Å²) in [6.45, 7) is 2.09. The molecule has 0 unspecified atom stereocenters. The van der Waals surface area contributed by atoms with Crippen molar-refractivity contribution in [2.45, 2.75) is 25.7 Å². The average molecular weight is 395 g/mol. The van der Waals surface area contributed by atoms with E-state index in [9.17, 15) is 13.2 Å². The van der Waals surface area contributed by atoms with E-state index in [-0.39, 0.29) is 19.7 Å². The number of halogens is 5. The van der Waals surface area contributed by atoms with Gasteiger partial charge in [0.15, 0.2) is 6.10 Å². The lowest BCUT2D eigenvalue weighted by atomic mass is 10.0. The van der Waals surface area contributed by atoms with Crippen molar-refractivity contribution in [1.29, 1.82) is 0 Å². The minimum absolute atomic E-state index is 0.0106. The van der Waals surface area contributed by atoms with Gasteiger partial charge in [0.2, 0.25) is 0 Å². The van der Waals surface area contributed by atoms with Gasteiger partial charge in [0, 0.05) is 30.8 Å². The number of ether oxygens (including phenoxy) is 1. The fourth-order valence-electron chi connectivity index (χ4n) is 2.77. The van der Waals surface area contributed by atoms with E-state index in [1.54, 1.807) is 30.0 Å². The summed E-state index contributed by atoms with van der Waals surface area (Å²) in [5.74, 6) is 0.515. The van der Waals surface area contributed by atoms with Crippen LogP contribution in [0.1, 0.15) is 11.3 Å². The molecule has 1 fully saturated rings. The summed E-state index contributed by atoms with van der Waals surface area (Å²) in [5.41, 5.74) is 1.62. The third-order valence-corrected chi connectivity index (χ3v) is 4.71. The summed E-state index contributed by atoms with van der Waals surface area (Å²) in [7, 11) is 0. The van der Waals surface area contributed by atoms with E-state index in [1.165, 1.54) is 0 Å². The summed E-state index contributed by atoms with van der Waals surface area (Å²) in [5, 5.41) is 4.82. The number of hydrogen-bond acceptors (Lipinski definition) is 4. The molecule has 0 spiro atoms. The second-order valence-corrected chi connectivity index (χ2v) is 6.61. The van der Waals surface area contributed by atoms with Gasteiger partial charge in [0.05, 0.1) is 16.7 Å². The molecule has 9 heteroatoms. The van der Waals surface area contributed by atoms with E-state index < -0.39 is 12.3 Å². The highest BCUT2D eigenvalue weighted by atomic mass is 35.5. The van der Waals surface area contributed by atoms with Crippen LogP contribution in [0.4, 0.5) is 13.2 Å². The van der Waals surface area contributed by atoms with Crippen LogP contribution < -0.4 is 0 Å². The SMILES string of the molecule is Cc1onc(-c2c(Cl)cccc2Cl)c1CN1CCO[C@@H](C(F)(F)F)C1. The fraction of sp³-hybridized carbons (Fsp3) is 0.438. The molecule has 1 saturated heterocycles. The molecule has 1 aliphatic rings. The Labute approximate surface area is 152 Å². The third-order valence-electron chi connectivity index (χ3n) is 4.08. The van der Waals surface area contributed by atoms with Gasteiger partial charge in [0.25, 0.3) is 0 Å². The fourth-order valence-corrected chi connectivity index (χ4v) is 3.34. The second-order valence-electron chi connectivity index (χ2n) is 5.80. The quantitative estimate of drug-likeness (QED) is 0.754.